The van der Waals surface area contributed by atoms with Crippen molar-refractivity contribution in [2.24, 2.45) is 7.05 Å². The molecule has 0 saturated carbocycles. The van der Waals surface area contributed by atoms with E-state index in [1.165, 1.54) is 28.5 Å². The normalized spacial score (nSPS) is 10.9. The summed E-state index contributed by atoms with van der Waals surface area (Å²) in [6, 6.07) is 7.68. The molecule has 0 aliphatic heterocycles. The molecule has 0 N–H and O–H groups in total. The van der Waals surface area contributed by atoms with Crippen molar-refractivity contribution < 1.29 is 4.79 Å². The summed E-state index contributed by atoms with van der Waals surface area (Å²) in [5.41, 5.74) is 4.88. The van der Waals surface area contributed by atoms with E-state index in [4.69, 9.17) is 0 Å². The molecule has 5 heteroatoms. The number of nitrogens with zero attached hydrogens (tertiary/aromatic N) is 4. The first-order chi connectivity index (χ1) is 10.5. The van der Waals surface area contributed by atoms with E-state index in [9.17, 15) is 4.79 Å². The van der Waals surface area contributed by atoms with Crippen LogP contribution in [0.4, 0.5) is 5.69 Å². The lowest BCUT2D eigenvalue weighted by Gasteiger charge is -2.17. The molecule has 2 aromatic heterocycles. The van der Waals surface area contributed by atoms with Crippen molar-refractivity contribution in [2.45, 2.75) is 13.8 Å². The van der Waals surface area contributed by atoms with Crippen molar-refractivity contribution in [3.05, 3.63) is 53.7 Å². The summed E-state index contributed by atoms with van der Waals surface area (Å²) in [5, 5.41) is 1.17. The Morgan fingerprint density at radius 3 is 2.68 bits per heavy atom. The number of benzene rings is 1. The lowest BCUT2D eigenvalue weighted by molar-refractivity contribution is 0.0988. The summed E-state index contributed by atoms with van der Waals surface area (Å²) >= 11 is 0. The van der Waals surface area contributed by atoms with Gasteiger partial charge in [0.1, 0.15) is 12.0 Å². The van der Waals surface area contributed by atoms with Crippen LogP contribution in [0.5, 0.6) is 0 Å². The van der Waals surface area contributed by atoms with Crippen molar-refractivity contribution in [1.29, 1.82) is 0 Å². The van der Waals surface area contributed by atoms with Crippen LogP contribution in [0.2, 0.25) is 0 Å². The Bertz CT molecular complexity index is 852. The highest BCUT2D eigenvalue weighted by molar-refractivity contribution is 6.05. The van der Waals surface area contributed by atoms with E-state index in [0.717, 1.165) is 5.69 Å². The molecule has 22 heavy (non-hydrogen) atoms. The van der Waals surface area contributed by atoms with Gasteiger partial charge >= 0.3 is 0 Å². The largest absolute Gasteiger partial charge is 0.348 e. The molecular weight excluding hydrogens is 276 g/mol. The summed E-state index contributed by atoms with van der Waals surface area (Å²) in [4.78, 5) is 21.9. The van der Waals surface area contributed by atoms with Gasteiger partial charge in [0.2, 0.25) is 0 Å². The Balaban J connectivity index is 2.03. The molecule has 0 fully saturated rings. The van der Waals surface area contributed by atoms with Gasteiger partial charge in [-0.15, -0.1) is 0 Å². The molecule has 0 atom stereocenters. The van der Waals surface area contributed by atoms with Gasteiger partial charge < -0.3 is 9.47 Å². The molecule has 0 spiro atoms. The van der Waals surface area contributed by atoms with E-state index in [1.807, 2.05) is 6.07 Å². The van der Waals surface area contributed by atoms with E-state index < -0.39 is 0 Å². The number of carbonyl (C=O) groups is 1. The molecule has 0 bridgehead atoms. The number of carbonyl (C=O) groups excluding carboxylic acids is 1. The van der Waals surface area contributed by atoms with Gasteiger partial charge in [0.25, 0.3) is 5.91 Å². The van der Waals surface area contributed by atoms with Crippen LogP contribution in [0, 0.1) is 13.8 Å². The van der Waals surface area contributed by atoms with Crippen LogP contribution in [0.1, 0.15) is 21.7 Å². The first kappa shape index (κ1) is 14.3. The van der Waals surface area contributed by atoms with Gasteiger partial charge in [0, 0.05) is 42.6 Å². The maximum absolute atomic E-state index is 12.5. The summed E-state index contributed by atoms with van der Waals surface area (Å²) in [6.45, 7) is 4.21. The smallest absolute Gasteiger partial charge is 0.276 e. The molecule has 5 nitrogen and oxygen atoms in total. The third kappa shape index (κ3) is 2.15. The van der Waals surface area contributed by atoms with E-state index in [0.29, 0.717) is 5.69 Å². The van der Waals surface area contributed by atoms with Gasteiger partial charge in [0.05, 0.1) is 0 Å². The Morgan fingerprint density at radius 1 is 1.23 bits per heavy atom. The molecule has 2 heterocycles. The lowest BCUT2D eigenvalue weighted by atomic mass is 10.1. The highest BCUT2D eigenvalue weighted by Crippen LogP contribution is 2.28. The second-order valence-electron chi connectivity index (χ2n) is 5.43. The third-order valence-corrected chi connectivity index (χ3v) is 4.28. The minimum atomic E-state index is -0.146. The minimum absolute atomic E-state index is 0.146. The first-order valence-corrected chi connectivity index (χ1v) is 7.10. The van der Waals surface area contributed by atoms with Crippen molar-refractivity contribution >= 4 is 22.5 Å². The van der Waals surface area contributed by atoms with Gasteiger partial charge in [-0.2, -0.15) is 0 Å². The molecular formula is C17H18N4O. The number of anilines is 1. The number of aryl methyl sites for hydroxylation is 2. The monoisotopic (exact) mass is 294 g/mol. The summed E-state index contributed by atoms with van der Waals surface area (Å²) < 4.78 is 2.17. The molecule has 112 valence electrons. The SMILES string of the molecule is Cc1c(C)n(C)c2ccc(N(C)C(=O)c3ccncn3)cc12. The first-order valence-electron chi connectivity index (χ1n) is 7.10. The van der Waals surface area contributed by atoms with Crippen LogP contribution in [-0.4, -0.2) is 27.5 Å². The fourth-order valence-electron chi connectivity index (χ4n) is 2.66. The average Bonchev–Trinajstić information content (AvgIpc) is 2.78. The van der Waals surface area contributed by atoms with Gasteiger partial charge in [-0.1, -0.05) is 0 Å². The molecule has 3 aromatic rings. The van der Waals surface area contributed by atoms with Crippen LogP contribution in [-0.2, 0) is 7.05 Å². The standard InChI is InChI=1S/C17H18N4O/c1-11-12(2)20(3)16-6-5-13(9-14(11)16)21(4)17(22)15-7-8-18-10-19-15/h5-10H,1-4H3. The Kier molecular flexibility index (Phi) is 3.41. The topological polar surface area (TPSA) is 51.0 Å². The molecule has 3 rings (SSSR count). The van der Waals surface area contributed by atoms with Crippen LogP contribution in [0.15, 0.2) is 36.8 Å². The van der Waals surface area contributed by atoms with Crippen LogP contribution in [0.25, 0.3) is 10.9 Å². The number of hydrogen-bond donors (Lipinski definition) is 0. The maximum Gasteiger partial charge on any atom is 0.276 e. The minimum Gasteiger partial charge on any atom is -0.348 e. The van der Waals surface area contributed by atoms with Gasteiger partial charge in [0.15, 0.2) is 0 Å². The molecule has 0 radical (unpaired) electrons. The van der Waals surface area contributed by atoms with Crippen molar-refractivity contribution in [2.75, 3.05) is 11.9 Å². The highest BCUT2D eigenvalue weighted by Gasteiger charge is 2.16. The Morgan fingerprint density at radius 2 is 2.00 bits per heavy atom. The van der Waals surface area contributed by atoms with E-state index in [2.05, 4.69) is 47.6 Å². The molecule has 0 saturated heterocycles. The van der Waals surface area contributed by atoms with E-state index in [-0.39, 0.29) is 5.91 Å². The summed E-state index contributed by atoms with van der Waals surface area (Å²) in [6.07, 6.45) is 2.96. The molecule has 1 aromatic carbocycles. The highest BCUT2D eigenvalue weighted by atomic mass is 16.2. The number of aromatic nitrogens is 3. The van der Waals surface area contributed by atoms with E-state index in [1.54, 1.807) is 24.2 Å². The Labute approximate surface area is 129 Å². The fraction of sp³-hybridized carbons (Fsp3) is 0.235. The van der Waals surface area contributed by atoms with Crippen LogP contribution in [0.3, 0.4) is 0 Å². The fourth-order valence-corrected chi connectivity index (χ4v) is 2.66. The molecule has 1 amide bonds. The van der Waals surface area contributed by atoms with Gasteiger partial charge in [-0.05, 0) is 43.7 Å². The lowest BCUT2D eigenvalue weighted by Crippen LogP contribution is -2.27. The molecule has 0 aliphatic carbocycles. The number of hydrogen-bond acceptors (Lipinski definition) is 3. The van der Waals surface area contributed by atoms with Crippen LogP contribution < -0.4 is 4.90 Å². The zero-order valence-electron chi connectivity index (χ0n) is 13.2. The van der Waals surface area contributed by atoms with Gasteiger partial charge in [-0.25, -0.2) is 9.97 Å². The number of amides is 1. The predicted molar refractivity (Wildman–Crippen MR) is 87.2 cm³/mol. The maximum atomic E-state index is 12.5. The third-order valence-electron chi connectivity index (χ3n) is 4.28. The second kappa shape index (κ2) is 5.26. The zero-order valence-corrected chi connectivity index (χ0v) is 13.2. The second-order valence-corrected chi connectivity index (χ2v) is 5.43. The van der Waals surface area contributed by atoms with E-state index >= 15 is 0 Å². The van der Waals surface area contributed by atoms with Crippen molar-refractivity contribution in [3.8, 4) is 0 Å². The van der Waals surface area contributed by atoms with Gasteiger partial charge in [-0.3, -0.25) is 4.79 Å². The zero-order chi connectivity index (χ0) is 15.9. The number of rotatable bonds is 2. The summed E-state index contributed by atoms with van der Waals surface area (Å²) in [5.74, 6) is -0.146. The average molecular weight is 294 g/mol. The predicted octanol–water partition coefficient (Wildman–Crippen LogP) is 2.86. The molecule has 0 aliphatic rings. The van der Waals surface area contributed by atoms with Crippen molar-refractivity contribution in [3.63, 3.8) is 0 Å². The van der Waals surface area contributed by atoms with Crippen molar-refractivity contribution in [1.82, 2.24) is 14.5 Å². The Hall–Kier alpha value is -2.69. The quantitative estimate of drug-likeness (QED) is 0.730. The number of fused-ring (bicyclic) bond motifs is 1. The van der Waals surface area contributed by atoms with Crippen LogP contribution >= 0.6 is 0 Å². The summed E-state index contributed by atoms with van der Waals surface area (Å²) in [7, 11) is 3.82. The molecule has 0 unspecified atom stereocenters.